The Hall–Kier alpha value is -2.88. The predicted molar refractivity (Wildman–Crippen MR) is 79.4 cm³/mol. The van der Waals surface area contributed by atoms with Crippen molar-refractivity contribution < 1.29 is 5.11 Å². The topological polar surface area (TPSA) is 66.0 Å². The summed E-state index contributed by atoms with van der Waals surface area (Å²) in [5.74, 6) is 0.168. The molecule has 1 aromatic heterocycles. The van der Waals surface area contributed by atoms with Gasteiger partial charge in [-0.1, -0.05) is 30.3 Å². The van der Waals surface area contributed by atoms with E-state index in [4.69, 9.17) is 0 Å². The third-order valence-corrected chi connectivity index (χ3v) is 2.98. The lowest BCUT2D eigenvalue weighted by Gasteiger charge is -1.99. The number of aromatic nitrogens is 2. The first-order valence-electron chi connectivity index (χ1n) is 6.19. The van der Waals surface area contributed by atoms with E-state index in [1.54, 1.807) is 36.4 Å². The number of rotatable bonds is 2. The van der Waals surface area contributed by atoms with E-state index >= 15 is 0 Å². The van der Waals surface area contributed by atoms with Gasteiger partial charge < -0.3 is 10.1 Å². The van der Waals surface area contributed by atoms with E-state index in [9.17, 15) is 9.90 Å². The molecule has 0 unspecified atom stereocenters. The van der Waals surface area contributed by atoms with Gasteiger partial charge in [0.05, 0.1) is 11.0 Å². The zero-order valence-corrected chi connectivity index (χ0v) is 10.6. The van der Waals surface area contributed by atoms with Crippen molar-refractivity contribution >= 4 is 23.2 Å². The van der Waals surface area contributed by atoms with E-state index in [0.717, 1.165) is 5.52 Å². The highest BCUT2D eigenvalue weighted by molar-refractivity contribution is 5.77. The van der Waals surface area contributed by atoms with Crippen molar-refractivity contribution in [3.05, 3.63) is 70.1 Å². The normalized spacial score (nSPS) is 11.2. The molecule has 4 heteroatoms. The summed E-state index contributed by atoms with van der Waals surface area (Å²) in [6, 6.07) is 14.3. The summed E-state index contributed by atoms with van der Waals surface area (Å²) in [6.07, 6.45) is 3.27. The molecular weight excluding hydrogens is 252 g/mol. The number of nitrogens with one attached hydrogen (secondary N) is 1. The van der Waals surface area contributed by atoms with Gasteiger partial charge in [0, 0.05) is 5.56 Å². The smallest absolute Gasteiger partial charge is 0.274 e. The lowest BCUT2D eigenvalue weighted by molar-refractivity contribution is 0.474. The standard InChI is InChI=1S/C16H12N2O2/c19-15-8-4-1-5-11(15)9-10-14-16(20)18-13-7-3-2-6-12(13)17-14/h1-10,19H,(H,18,20)/b10-9+. The van der Waals surface area contributed by atoms with Crippen LogP contribution in [0.2, 0.25) is 0 Å². The highest BCUT2D eigenvalue weighted by atomic mass is 16.3. The maximum Gasteiger partial charge on any atom is 0.274 e. The van der Waals surface area contributed by atoms with Crippen molar-refractivity contribution in [2.75, 3.05) is 0 Å². The number of para-hydroxylation sites is 3. The Labute approximate surface area is 115 Å². The Morgan fingerprint density at radius 2 is 1.75 bits per heavy atom. The number of aromatic amines is 1. The molecule has 0 aliphatic heterocycles. The minimum Gasteiger partial charge on any atom is -0.507 e. The lowest BCUT2D eigenvalue weighted by atomic mass is 10.2. The van der Waals surface area contributed by atoms with E-state index < -0.39 is 0 Å². The zero-order valence-electron chi connectivity index (χ0n) is 10.6. The molecule has 0 bridgehead atoms. The molecule has 98 valence electrons. The van der Waals surface area contributed by atoms with E-state index in [1.165, 1.54) is 0 Å². The molecule has 4 nitrogen and oxygen atoms in total. The van der Waals surface area contributed by atoms with Gasteiger partial charge in [0.25, 0.3) is 5.56 Å². The van der Waals surface area contributed by atoms with Crippen molar-refractivity contribution in [1.29, 1.82) is 0 Å². The number of fused-ring (bicyclic) bond motifs is 1. The summed E-state index contributed by atoms with van der Waals surface area (Å²) in [6.45, 7) is 0. The molecule has 0 amide bonds. The van der Waals surface area contributed by atoms with E-state index in [0.29, 0.717) is 16.8 Å². The van der Waals surface area contributed by atoms with Gasteiger partial charge in [0.15, 0.2) is 0 Å². The summed E-state index contributed by atoms with van der Waals surface area (Å²) in [7, 11) is 0. The molecule has 20 heavy (non-hydrogen) atoms. The van der Waals surface area contributed by atoms with Crippen molar-refractivity contribution in [2.45, 2.75) is 0 Å². The second kappa shape index (κ2) is 5.01. The molecule has 1 heterocycles. The maximum absolute atomic E-state index is 11.9. The van der Waals surface area contributed by atoms with Crippen LogP contribution in [0, 0.1) is 0 Å². The van der Waals surface area contributed by atoms with Crippen LogP contribution in [0.5, 0.6) is 5.75 Å². The van der Waals surface area contributed by atoms with Gasteiger partial charge in [-0.25, -0.2) is 4.98 Å². The number of phenolic OH excluding ortho intramolecular Hbond substituents is 1. The van der Waals surface area contributed by atoms with Gasteiger partial charge in [-0.2, -0.15) is 0 Å². The van der Waals surface area contributed by atoms with Crippen molar-refractivity contribution in [3.63, 3.8) is 0 Å². The molecular formula is C16H12N2O2. The molecule has 2 N–H and O–H groups in total. The fourth-order valence-electron chi connectivity index (χ4n) is 1.95. The van der Waals surface area contributed by atoms with Crippen LogP contribution in [0.25, 0.3) is 23.2 Å². The van der Waals surface area contributed by atoms with Crippen LogP contribution in [0.4, 0.5) is 0 Å². The highest BCUT2D eigenvalue weighted by Crippen LogP contribution is 2.18. The average molecular weight is 264 g/mol. The summed E-state index contributed by atoms with van der Waals surface area (Å²) in [5.41, 5.74) is 2.13. The van der Waals surface area contributed by atoms with Crippen molar-refractivity contribution in [1.82, 2.24) is 9.97 Å². The molecule has 0 radical (unpaired) electrons. The van der Waals surface area contributed by atoms with Crippen LogP contribution in [0.1, 0.15) is 11.3 Å². The molecule has 0 aliphatic carbocycles. The zero-order chi connectivity index (χ0) is 13.9. The van der Waals surface area contributed by atoms with Crippen molar-refractivity contribution in [2.24, 2.45) is 0 Å². The molecule has 0 atom stereocenters. The van der Waals surface area contributed by atoms with Gasteiger partial charge in [-0.3, -0.25) is 4.79 Å². The van der Waals surface area contributed by atoms with Crippen LogP contribution in [0.15, 0.2) is 53.3 Å². The van der Waals surface area contributed by atoms with Gasteiger partial charge in [0.1, 0.15) is 11.4 Å². The minimum atomic E-state index is -0.254. The Balaban J connectivity index is 2.05. The predicted octanol–water partition coefficient (Wildman–Crippen LogP) is 2.80. The van der Waals surface area contributed by atoms with Crippen LogP contribution in [0.3, 0.4) is 0 Å². The maximum atomic E-state index is 11.9. The number of phenols is 1. The largest absolute Gasteiger partial charge is 0.507 e. The van der Waals surface area contributed by atoms with Crippen LogP contribution < -0.4 is 5.56 Å². The summed E-state index contributed by atoms with van der Waals surface area (Å²) in [4.78, 5) is 19.0. The number of H-pyrrole nitrogens is 1. The van der Waals surface area contributed by atoms with E-state index in [1.807, 2.05) is 24.3 Å². The Kier molecular flexibility index (Phi) is 3.05. The second-order valence-electron chi connectivity index (χ2n) is 4.36. The summed E-state index contributed by atoms with van der Waals surface area (Å²) in [5, 5.41) is 9.67. The quantitative estimate of drug-likeness (QED) is 0.748. The molecule has 0 aliphatic rings. The first-order valence-corrected chi connectivity index (χ1v) is 6.19. The first kappa shape index (κ1) is 12.2. The third kappa shape index (κ3) is 2.31. The Bertz CT molecular complexity index is 850. The number of hydrogen-bond donors (Lipinski definition) is 2. The lowest BCUT2D eigenvalue weighted by Crippen LogP contribution is -2.11. The van der Waals surface area contributed by atoms with Crippen LogP contribution in [-0.2, 0) is 0 Å². The first-order chi connectivity index (χ1) is 9.74. The summed E-state index contributed by atoms with van der Waals surface area (Å²) < 4.78 is 0. The molecule has 3 rings (SSSR count). The highest BCUT2D eigenvalue weighted by Gasteiger charge is 2.01. The molecule has 0 fully saturated rings. The average Bonchev–Trinajstić information content (AvgIpc) is 2.46. The number of hydrogen-bond acceptors (Lipinski definition) is 3. The Morgan fingerprint density at radius 3 is 2.60 bits per heavy atom. The van der Waals surface area contributed by atoms with Gasteiger partial charge >= 0.3 is 0 Å². The van der Waals surface area contributed by atoms with Crippen molar-refractivity contribution in [3.8, 4) is 5.75 Å². The fraction of sp³-hybridized carbons (Fsp3) is 0. The number of benzene rings is 2. The van der Waals surface area contributed by atoms with E-state index in [-0.39, 0.29) is 11.3 Å². The monoisotopic (exact) mass is 264 g/mol. The second-order valence-corrected chi connectivity index (χ2v) is 4.36. The fourth-order valence-corrected chi connectivity index (χ4v) is 1.95. The van der Waals surface area contributed by atoms with Gasteiger partial charge in [0.2, 0.25) is 0 Å². The molecule has 0 saturated heterocycles. The molecule has 0 saturated carbocycles. The van der Waals surface area contributed by atoms with Crippen LogP contribution in [-0.4, -0.2) is 15.1 Å². The molecule has 3 aromatic rings. The number of aromatic hydroxyl groups is 1. The SMILES string of the molecule is O=c1[nH]c2ccccc2nc1/C=C/c1ccccc1O. The van der Waals surface area contributed by atoms with Gasteiger partial charge in [-0.15, -0.1) is 0 Å². The Morgan fingerprint density at radius 1 is 1.00 bits per heavy atom. The molecule has 2 aromatic carbocycles. The summed E-state index contributed by atoms with van der Waals surface area (Å²) >= 11 is 0. The van der Waals surface area contributed by atoms with Crippen LogP contribution >= 0.6 is 0 Å². The minimum absolute atomic E-state index is 0.168. The molecule has 0 spiro atoms. The third-order valence-electron chi connectivity index (χ3n) is 2.98. The van der Waals surface area contributed by atoms with E-state index in [2.05, 4.69) is 9.97 Å². The van der Waals surface area contributed by atoms with Gasteiger partial charge in [-0.05, 0) is 30.4 Å². The number of nitrogens with zero attached hydrogens (tertiary/aromatic N) is 1.